The van der Waals surface area contributed by atoms with Gasteiger partial charge in [-0.3, -0.25) is 4.98 Å². The Kier molecular flexibility index (Phi) is 4.50. The molecule has 2 rings (SSSR count). The molecule has 1 unspecified atom stereocenters. The minimum Gasteiger partial charge on any atom is -0.384 e. The van der Waals surface area contributed by atoms with Gasteiger partial charge in [0.05, 0.1) is 12.1 Å². The van der Waals surface area contributed by atoms with Crippen LogP contribution in [0.25, 0.3) is 10.9 Å². The van der Waals surface area contributed by atoms with Gasteiger partial charge in [0.15, 0.2) is 0 Å². The second-order valence-corrected chi connectivity index (χ2v) is 4.31. The van der Waals surface area contributed by atoms with E-state index >= 15 is 0 Å². The molecule has 0 fully saturated rings. The molecule has 0 spiro atoms. The number of rotatable bonds is 6. The number of ether oxygens (including phenoxy) is 1. The van der Waals surface area contributed by atoms with Crippen LogP contribution in [0.5, 0.6) is 0 Å². The molecule has 0 amide bonds. The van der Waals surface area contributed by atoms with Gasteiger partial charge >= 0.3 is 0 Å². The molecular weight excluding hydrogens is 226 g/mol. The molecule has 0 aliphatic rings. The number of nitrogens with two attached hydrogens (primary N) is 1. The molecule has 96 valence electrons. The number of aromatic nitrogens is 1. The van der Waals surface area contributed by atoms with E-state index < -0.39 is 0 Å². The van der Waals surface area contributed by atoms with Crippen LogP contribution in [0.2, 0.25) is 0 Å². The summed E-state index contributed by atoms with van der Waals surface area (Å²) in [6.07, 6.45) is 2.70. The van der Waals surface area contributed by atoms with Crippen LogP contribution < -0.4 is 11.1 Å². The Hall–Kier alpha value is -1.65. The Labute approximate surface area is 107 Å². The zero-order chi connectivity index (χ0) is 12.8. The SMILES string of the molecule is COCC(N)CCNc1ccnc2ccccc12. The van der Waals surface area contributed by atoms with Crippen molar-refractivity contribution in [2.24, 2.45) is 5.73 Å². The lowest BCUT2D eigenvalue weighted by Gasteiger charge is -2.13. The number of para-hydroxylation sites is 1. The summed E-state index contributed by atoms with van der Waals surface area (Å²) in [6.45, 7) is 1.43. The standard InChI is InChI=1S/C14H19N3O/c1-18-10-11(15)6-8-16-14-7-9-17-13-5-3-2-4-12(13)14/h2-5,7,9,11H,6,8,10,15H2,1H3,(H,16,17). The van der Waals surface area contributed by atoms with Gasteiger partial charge in [-0.05, 0) is 18.6 Å². The van der Waals surface area contributed by atoms with Gasteiger partial charge in [-0.15, -0.1) is 0 Å². The van der Waals surface area contributed by atoms with E-state index in [0.717, 1.165) is 29.6 Å². The van der Waals surface area contributed by atoms with Gasteiger partial charge in [-0.1, -0.05) is 18.2 Å². The predicted octanol–water partition coefficient (Wildman–Crippen LogP) is 2.01. The van der Waals surface area contributed by atoms with E-state index in [1.807, 2.05) is 30.5 Å². The molecule has 1 aromatic carbocycles. The smallest absolute Gasteiger partial charge is 0.0722 e. The third-order valence-electron chi connectivity index (χ3n) is 2.86. The molecule has 1 heterocycles. The lowest BCUT2D eigenvalue weighted by Crippen LogP contribution is -2.28. The van der Waals surface area contributed by atoms with Crippen molar-refractivity contribution in [2.45, 2.75) is 12.5 Å². The van der Waals surface area contributed by atoms with Crippen molar-refractivity contribution in [3.05, 3.63) is 36.5 Å². The number of nitrogens with zero attached hydrogens (tertiary/aromatic N) is 1. The Morgan fingerprint density at radius 3 is 3.00 bits per heavy atom. The second-order valence-electron chi connectivity index (χ2n) is 4.31. The fraction of sp³-hybridized carbons (Fsp3) is 0.357. The highest BCUT2D eigenvalue weighted by Crippen LogP contribution is 2.20. The van der Waals surface area contributed by atoms with E-state index in [1.54, 1.807) is 7.11 Å². The van der Waals surface area contributed by atoms with E-state index in [9.17, 15) is 0 Å². The van der Waals surface area contributed by atoms with Crippen molar-refractivity contribution in [3.8, 4) is 0 Å². The van der Waals surface area contributed by atoms with Crippen molar-refractivity contribution >= 4 is 16.6 Å². The first-order valence-corrected chi connectivity index (χ1v) is 6.13. The van der Waals surface area contributed by atoms with Crippen LogP contribution in [0.15, 0.2) is 36.5 Å². The molecule has 0 bridgehead atoms. The van der Waals surface area contributed by atoms with Gasteiger partial charge in [0.2, 0.25) is 0 Å². The molecule has 3 N–H and O–H groups in total. The number of anilines is 1. The van der Waals surface area contributed by atoms with Crippen LogP contribution >= 0.6 is 0 Å². The van der Waals surface area contributed by atoms with Crippen molar-refractivity contribution in [3.63, 3.8) is 0 Å². The van der Waals surface area contributed by atoms with Crippen LogP contribution in [0.1, 0.15) is 6.42 Å². The Morgan fingerprint density at radius 2 is 2.17 bits per heavy atom. The zero-order valence-corrected chi connectivity index (χ0v) is 10.6. The molecule has 4 nitrogen and oxygen atoms in total. The van der Waals surface area contributed by atoms with Crippen molar-refractivity contribution < 1.29 is 4.74 Å². The maximum absolute atomic E-state index is 5.88. The van der Waals surface area contributed by atoms with E-state index in [1.165, 1.54) is 0 Å². The average molecular weight is 245 g/mol. The predicted molar refractivity (Wildman–Crippen MR) is 74.7 cm³/mol. The monoisotopic (exact) mass is 245 g/mol. The number of fused-ring (bicyclic) bond motifs is 1. The number of hydrogen-bond acceptors (Lipinski definition) is 4. The topological polar surface area (TPSA) is 60.2 Å². The summed E-state index contributed by atoms with van der Waals surface area (Å²) in [4.78, 5) is 4.33. The quantitative estimate of drug-likeness (QED) is 0.817. The summed E-state index contributed by atoms with van der Waals surface area (Å²) in [5.41, 5.74) is 7.99. The normalized spacial score (nSPS) is 12.6. The molecule has 1 atom stereocenters. The molecule has 2 aromatic rings. The fourth-order valence-corrected chi connectivity index (χ4v) is 1.94. The molecule has 1 aromatic heterocycles. The third kappa shape index (κ3) is 3.18. The molecular formula is C14H19N3O. The van der Waals surface area contributed by atoms with Crippen LogP contribution in [0, 0.1) is 0 Å². The summed E-state index contributed by atoms with van der Waals surface area (Å²) in [5.74, 6) is 0. The molecule has 0 saturated carbocycles. The first-order valence-electron chi connectivity index (χ1n) is 6.13. The van der Waals surface area contributed by atoms with Gasteiger partial charge in [-0.2, -0.15) is 0 Å². The zero-order valence-electron chi connectivity index (χ0n) is 10.6. The number of nitrogens with one attached hydrogen (secondary N) is 1. The maximum Gasteiger partial charge on any atom is 0.0722 e. The molecule has 4 heteroatoms. The summed E-state index contributed by atoms with van der Waals surface area (Å²) in [6, 6.07) is 10.2. The highest BCUT2D eigenvalue weighted by molar-refractivity contribution is 5.90. The number of pyridine rings is 1. The highest BCUT2D eigenvalue weighted by atomic mass is 16.5. The third-order valence-corrected chi connectivity index (χ3v) is 2.86. The number of methoxy groups -OCH3 is 1. The largest absolute Gasteiger partial charge is 0.384 e. The van der Waals surface area contributed by atoms with Gasteiger partial charge in [-0.25, -0.2) is 0 Å². The van der Waals surface area contributed by atoms with Crippen LogP contribution in [-0.4, -0.2) is 31.3 Å². The van der Waals surface area contributed by atoms with Gasteiger partial charge in [0, 0.05) is 37.0 Å². The van der Waals surface area contributed by atoms with Gasteiger partial charge < -0.3 is 15.8 Å². The van der Waals surface area contributed by atoms with E-state index in [-0.39, 0.29) is 6.04 Å². The van der Waals surface area contributed by atoms with Crippen LogP contribution in [0.4, 0.5) is 5.69 Å². The average Bonchev–Trinajstić information content (AvgIpc) is 2.39. The van der Waals surface area contributed by atoms with Gasteiger partial charge in [0.25, 0.3) is 0 Å². The lowest BCUT2D eigenvalue weighted by atomic mass is 10.2. The first-order chi connectivity index (χ1) is 8.81. The Balaban J connectivity index is 1.99. The molecule has 18 heavy (non-hydrogen) atoms. The molecule has 0 aliphatic carbocycles. The highest BCUT2D eigenvalue weighted by Gasteiger charge is 2.03. The van der Waals surface area contributed by atoms with E-state index in [2.05, 4.69) is 16.4 Å². The van der Waals surface area contributed by atoms with Crippen molar-refractivity contribution in [1.82, 2.24) is 4.98 Å². The summed E-state index contributed by atoms with van der Waals surface area (Å²) < 4.78 is 5.01. The summed E-state index contributed by atoms with van der Waals surface area (Å²) in [5, 5.41) is 4.54. The number of benzene rings is 1. The Bertz CT molecular complexity index is 496. The van der Waals surface area contributed by atoms with Crippen molar-refractivity contribution in [1.29, 1.82) is 0 Å². The van der Waals surface area contributed by atoms with E-state index in [0.29, 0.717) is 6.61 Å². The summed E-state index contributed by atoms with van der Waals surface area (Å²) in [7, 11) is 1.67. The minimum absolute atomic E-state index is 0.0793. The molecule has 0 saturated heterocycles. The van der Waals surface area contributed by atoms with E-state index in [4.69, 9.17) is 10.5 Å². The second kappa shape index (κ2) is 6.33. The van der Waals surface area contributed by atoms with Crippen LogP contribution in [-0.2, 0) is 4.74 Å². The fourth-order valence-electron chi connectivity index (χ4n) is 1.94. The minimum atomic E-state index is 0.0793. The van der Waals surface area contributed by atoms with Crippen LogP contribution in [0.3, 0.4) is 0 Å². The molecule has 0 aliphatic heterocycles. The molecule has 0 radical (unpaired) electrons. The maximum atomic E-state index is 5.88. The van der Waals surface area contributed by atoms with Gasteiger partial charge in [0.1, 0.15) is 0 Å². The number of hydrogen-bond donors (Lipinski definition) is 2. The van der Waals surface area contributed by atoms with Crippen molar-refractivity contribution in [2.75, 3.05) is 25.6 Å². The summed E-state index contributed by atoms with van der Waals surface area (Å²) >= 11 is 0. The lowest BCUT2D eigenvalue weighted by molar-refractivity contribution is 0.178. The Morgan fingerprint density at radius 1 is 1.33 bits per heavy atom. The first kappa shape index (κ1) is 12.8.